The van der Waals surface area contributed by atoms with Crippen LogP contribution in [0.1, 0.15) is 25.3 Å². The van der Waals surface area contributed by atoms with Gasteiger partial charge in [0.2, 0.25) is 0 Å². The fraction of sp³-hybridized carbons (Fsp3) is 0.533. The number of anilines is 1. The molecule has 1 N–H and O–H groups in total. The van der Waals surface area contributed by atoms with Crippen LogP contribution in [0.15, 0.2) is 18.2 Å². The Bertz CT molecular complexity index is 578. The Labute approximate surface area is 118 Å². The summed E-state index contributed by atoms with van der Waals surface area (Å²) in [7, 11) is 2.21. The molecule has 0 bridgehead atoms. The third-order valence-electron chi connectivity index (χ3n) is 4.08. The van der Waals surface area contributed by atoms with Crippen molar-refractivity contribution in [3.8, 4) is 0 Å². The van der Waals surface area contributed by atoms with Crippen LogP contribution >= 0.6 is 11.3 Å². The van der Waals surface area contributed by atoms with Crippen molar-refractivity contribution in [3.05, 3.63) is 23.8 Å². The van der Waals surface area contributed by atoms with Crippen molar-refractivity contribution in [2.24, 2.45) is 0 Å². The number of aryl methyl sites for hydroxylation is 1. The van der Waals surface area contributed by atoms with Crippen LogP contribution in [0.25, 0.3) is 10.2 Å². The van der Waals surface area contributed by atoms with Gasteiger partial charge < -0.3 is 10.2 Å². The standard InChI is InChI=1S/C15H21N3S/c1-10-4-5-14-13(8-10)17-15(19-14)16-12-6-7-18(3)11(2)9-12/h4-5,8,11-12H,6-7,9H2,1-3H3,(H,16,17). The molecule has 2 atom stereocenters. The first kappa shape index (κ1) is 12.9. The van der Waals surface area contributed by atoms with Gasteiger partial charge in [-0.25, -0.2) is 4.98 Å². The lowest BCUT2D eigenvalue weighted by atomic mass is 9.99. The second-order valence-corrected chi connectivity index (χ2v) is 6.72. The smallest absolute Gasteiger partial charge is 0.184 e. The van der Waals surface area contributed by atoms with Gasteiger partial charge in [0.15, 0.2) is 5.13 Å². The summed E-state index contributed by atoms with van der Waals surface area (Å²) < 4.78 is 1.27. The minimum atomic E-state index is 0.563. The number of nitrogens with zero attached hydrogens (tertiary/aromatic N) is 2. The Morgan fingerprint density at radius 2 is 2.26 bits per heavy atom. The summed E-state index contributed by atoms with van der Waals surface area (Å²) in [5.41, 5.74) is 2.39. The van der Waals surface area contributed by atoms with Gasteiger partial charge in [-0.15, -0.1) is 0 Å². The number of likely N-dealkylation sites (tertiary alicyclic amines) is 1. The Kier molecular flexibility index (Phi) is 3.46. The molecule has 102 valence electrons. The highest BCUT2D eigenvalue weighted by atomic mass is 32.1. The Morgan fingerprint density at radius 1 is 1.42 bits per heavy atom. The summed E-state index contributed by atoms with van der Waals surface area (Å²) in [4.78, 5) is 7.14. The van der Waals surface area contributed by atoms with Crippen molar-refractivity contribution in [1.82, 2.24) is 9.88 Å². The fourth-order valence-electron chi connectivity index (χ4n) is 2.69. The van der Waals surface area contributed by atoms with E-state index >= 15 is 0 Å². The first-order chi connectivity index (χ1) is 9.11. The zero-order valence-corrected chi connectivity index (χ0v) is 12.6. The molecule has 0 saturated carbocycles. The number of hydrogen-bond acceptors (Lipinski definition) is 4. The van der Waals surface area contributed by atoms with Gasteiger partial charge in [-0.1, -0.05) is 17.4 Å². The van der Waals surface area contributed by atoms with Gasteiger partial charge in [-0.2, -0.15) is 0 Å². The van der Waals surface area contributed by atoms with E-state index < -0.39 is 0 Å². The van der Waals surface area contributed by atoms with Crippen molar-refractivity contribution in [3.63, 3.8) is 0 Å². The molecule has 1 aromatic carbocycles. The molecule has 3 rings (SSSR count). The minimum absolute atomic E-state index is 0.563. The van der Waals surface area contributed by atoms with Crippen molar-refractivity contribution in [2.45, 2.75) is 38.8 Å². The number of benzene rings is 1. The van der Waals surface area contributed by atoms with Crippen molar-refractivity contribution in [1.29, 1.82) is 0 Å². The number of hydrogen-bond donors (Lipinski definition) is 1. The van der Waals surface area contributed by atoms with Gasteiger partial charge in [-0.05, 0) is 51.4 Å². The molecule has 19 heavy (non-hydrogen) atoms. The molecule has 0 spiro atoms. The maximum atomic E-state index is 4.71. The van der Waals surface area contributed by atoms with Crippen LogP contribution < -0.4 is 5.32 Å². The highest BCUT2D eigenvalue weighted by molar-refractivity contribution is 7.22. The lowest BCUT2D eigenvalue weighted by molar-refractivity contribution is 0.190. The molecule has 1 aliphatic rings. The predicted molar refractivity (Wildman–Crippen MR) is 83.1 cm³/mol. The molecular weight excluding hydrogens is 254 g/mol. The average Bonchev–Trinajstić information content (AvgIpc) is 2.75. The molecule has 2 unspecified atom stereocenters. The number of aromatic nitrogens is 1. The highest BCUT2D eigenvalue weighted by Gasteiger charge is 2.23. The Balaban J connectivity index is 1.74. The van der Waals surface area contributed by atoms with Crippen molar-refractivity contribution >= 4 is 26.7 Å². The van der Waals surface area contributed by atoms with Gasteiger partial charge in [0.25, 0.3) is 0 Å². The maximum Gasteiger partial charge on any atom is 0.184 e. The average molecular weight is 275 g/mol. The first-order valence-corrected chi connectivity index (χ1v) is 7.77. The highest BCUT2D eigenvalue weighted by Crippen LogP contribution is 2.28. The van der Waals surface area contributed by atoms with Crippen LogP contribution in [0.3, 0.4) is 0 Å². The van der Waals surface area contributed by atoms with Crippen molar-refractivity contribution < 1.29 is 0 Å². The molecule has 0 radical (unpaired) electrons. The summed E-state index contributed by atoms with van der Waals surface area (Å²) >= 11 is 1.77. The monoisotopic (exact) mass is 275 g/mol. The minimum Gasteiger partial charge on any atom is -0.359 e. The van der Waals surface area contributed by atoms with Crippen LogP contribution in [-0.4, -0.2) is 35.6 Å². The lowest BCUT2D eigenvalue weighted by Gasteiger charge is -2.35. The van der Waals surface area contributed by atoms with Crippen LogP contribution in [-0.2, 0) is 0 Å². The normalized spacial score (nSPS) is 24.8. The largest absolute Gasteiger partial charge is 0.359 e. The molecule has 2 aromatic rings. The van der Waals surface area contributed by atoms with E-state index in [0.717, 1.165) is 10.6 Å². The van der Waals surface area contributed by atoms with E-state index in [9.17, 15) is 0 Å². The van der Waals surface area contributed by atoms with E-state index in [1.807, 2.05) is 0 Å². The first-order valence-electron chi connectivity index (χ1n) is 6.96. The number of fused-ring (bicyclic) bond motifs is 1. The second kappa shape index (κ2) is 5.10. The molecule has 1 aliphatic heterocycles. The predicted octanol–water partition coefficient (Wildman–Crippen LogP) is 3.50. The van der Waals surface area contributed by atoms with E-state index in [1.54, 1.807) is 11.3 Å². The lowest BCUT2D eigenvalue weighted by Crippen LogP contribution is -2.42. The zero-order valence-electron chi connectivity index (χ0n) is 11.8. The van der Waals surface area contributed by atoms with Gasteiger partial charge in [0.05, 0.1) is 10.2 Å². The summed E-state index contributed by atoms with van der Waals surface area (Å²) in [5.74, 6) is 0. The van der Waals surface area contributed by atoms with Crippen LogP contribution in [0, 0.1) is 6.92 Å². The van der Waals surface area contributed by atoms with E-state index in [-0.39, 0.29) is 0 Å². The Morgan fingerprint density at radius 3 is 3.05 bits per heavy atom. The molecule has 3 nitrogen and oxygen atoms in total. The quantitative estimate of drug-likeness (QED) is 0.909. The van der Waals surface area contributed by atoms with Crippen LogP contribution in [0.5, 0.6) is 0 Å². The number of nitrogens with one attached hydrogen (secondary N) is 1. The van der Waals surface area contributed by atoms with E-state index in [0.29, 0.717) is 12.1 Å². The van der Waals surface area contributed by atoms with Gasteiger partial charge >= 0.3 is 0 Å². The fourth-order valence-corrected chi connectivity index (χ4v) is 3.62. The third kappa shape index (κ3) is 2.74. The SMILES string of the molecule is Cc1ccc2sc(NC3CCN(C)C(C)C3)nc2c1. The maximum absolute atomic E-state index is 4.71. The number of rotatable bonds is 2. The van der Waals surface area contributed by atoms with E-state index in [1.165, 1.54) is 29.6 Å². The number of thiazole rings is 1. The van der Waals surface area contributed by atoms with Gasteiger partial charge in [-0.3, -0.25) is 0 Å². The molecule has 1 fully saturated rings. The second-order valence-electron chi connectivity index (χ2n) is 5.69. The third-order valence-corrected chi connectivity index (χ3v) is 5.05. The van der Waals surface area contributed by atoms with Crippen molar-refractivity contribution in [2.75, 3.05) is 18.9 Å². The summed E-state index contributed by atoms with van der Waals surface area (Å²) in [6.07, 6.45) is 2.40. The van der Waals surface area contributed by atoms with Gasteiger partial charge in [0, 0.05) is 18.6 Å². The summed E-state index contributed by atoms with van der Waals surface area (Å²) in [6, 6.07) is 7.71. The topological polar surface area (TPSA) is 28.2 Å². The van der Waals surface area contributed by atoms with Crippen LogP contribution in [0.4, 0.5) is 5.13 Å². The molecule has 4 heteroatoms. The Hall–Kier alpha value is -1.13. The molecule has 1 aromatic heterocycles. The van der Waals surface area contributed by atoms with E-state index in [2.05, 4.69) is 49.3 Å². The molecular formula is C15H21N3S. The summed E-state index contributed by atoms with van der Waals surface area (Å²) in [6.45, 7) is 5.59. The molecule has 2 heterocycles. The van der Waals surface area contributed by atoms with E-state index in [4.69, 9.17) is 4.98 Å². The molecule has 0 amide bonds. The summed E-state index contributed by atoms with van der Waals surface area (Å²) in [5, 5.41) is 4.69. The zero-order chi connectivity index (χ0) is 13.4. The molecule has 1 saturated heterocycles. The van der Waals surface area contributed by atoms with Gasteiger partial charge in [0.1, 0.15) is 0 Å². The van der Waals surface area contributed by atoms with Crippen LogP contribution in [0.2, 0.25) is 0 Å². The number of piperidine rings is 1. The molecule has 0 aliphatic carbocycles.